The molecule has 0 aliphatic rings. The van der Waals surface area contributed by atoms with E-state index in [0.717, 1.165) is 23.4 Å². The van der Waals surface area contributed by atoms with Crippen LogP contribution in [0, 0.1) is 19.8 Å². The quantitative estimate of drug-likeness (QED) is 0.730. The molecule has 0 aliphatic heterocycles. The molecule has 0 saturated heterocycles. The zero-order chi connectivity index (χ0) is 14.6. The van der Waals surface area contributed by atoms with E-state index < -0.39 is 5.60 Å². The van der Waals surface area contributed by atoms with E-state index in [1.165, 1.54) is 0 Å². The molecule has 0 aliphatic carbocycles. The van der Waals surface area contributed by atoms with Crippen LogP contribution in [0.5, 0.6) is 0 Å². The summed E-state index contributed by atoms with van der Waals surface area (Å²) in [5, 5.41) is 20.0. The maximum Gasteiger partial charge on any atom is 0.224 e. The molecule has 1 aromatic rings. The summed E-state index contributed by atoms with van der Waals surface area (Å²) >= 11 is 0. The second kappa shape index (κ2) is 6.19. The van der Waals surface area contributed by atoms with Gasteiger partial charge in [0, 0.05) is 17.8 Å². The molecule has 1 rings (SSSR count). The van der Waals surface area contributed by atoms with E-state index in [4.69, 9.17) is 0 Å². The molecule has 1 heterocycles. The van der Waals surface area contributed by atoms with Gasteiger partial charge in [-0.25, -0.2) is 0 Å². The number of carbonyl (C=O) groups is 1. The zero-order valence-electron chi connectivity index (χ0n) is 12.5. The number of aromatic amines is 1. The van der Waals surface area contributed by atoms with Crippen LogP contribution < -0.4 is 5.32 Å². The predicted octanol–water partition coefficient (Wildman–Crippen LogP) is 1.48. The van der Waals surface area contributed by atoms with Crippen molar-refractivity contribution in [1.29, 1.82) is 0 Å². The molecule has 0 spiro atoms. The molecule has 1 aromatic heterocycles. The number of carbonyl (C=O) groups excluding carboxylic acids is 1. The van der Waals surface area contributed by atoms with Crippen molar-refractivity contribution in [2.24, 2.45) is 5.92 Å². The third-order valence-corrected chi connectivity index (χ3v) is 3.94. The molecule has 0 bridgehead atoms. The first kappa shape index (κ1) is 15.7. The first-order chi connectivity index (χ1) is 8.77. The topological polar surface area (TPSA) is 78.0 Å². The average Bonchev–Trinajstić information content (AvgIpc) is 2.67. The van der Waals surface area contributed by atoms with Gasteiger partial charge in [0.1, 0.15) is 0 Å². The second-order valence-electron chi connectivity index (χ2n) is 5.53. The van der Waals surface area contributed by atoms with Gasteiger partial charge in [-0.3, -0.25) is 9.89 Å². The maximum atomic E-state index is 11.9. The summed E-state index contributed by atoms with van der Waals surface area (Å²) in [6.45, 7) is 9.82. The molecule has 0 unspecified atom stereocenters. The number of nitrogens with zero attached hydrogens (tertiary/aromatic N) is 1. The summed E-state index contributed by atoms with van der Waals surface area (Å²) in [4.78, 5) is 11.9. The lowest BCUT2D eigenvalue weighted by Gasteiger charge is -2.29. The molecule has 0 saturated carbocycles. The maximum absolute atomic E-state index is 11.9. The standard InChI is InChI=1S/C14H25N3O2/c1-6-9(2)14(5,19)8-15-13(18)7-12-10(3)16-17-11(12)4/h9,19H,6-8H2,1-5H3,(H,15,18)(H,16,17)/t9-,14+/m0/s1. The normalized spacial score (nSPS) is 15.9. The van der Waals surface area contributed by atoms with E-state index in [1.54, 1.807) is 6.92 Å². The fourth-order valence-corrected chi connectivity index (χ4v) is 1.95. The number of hydrogen-bond donors (Lipinski definition) is 3. The van der Waals surface area contributed by atoms with Gasteiger partial charge in [0.2, 0.25) is 5.91 Å². The van der Waals surface area contributed by atoms with Gasteiger partial charge in [0.05, 0.1) is 17.7 Å². The van der Waals surface area contributed by atoms with Crippen molar-refractivity contribution in [2.45, 2.75) is 53.1 Å². The summed E-state index contributed by atoms with van der Waals surface area (Å²) in [5.74, 6) is 0.0568. The van der Waals surface area contributed by atoms with Gasteiger partial charge in [0.25, 0.3) is 0 Å². The van der Waals surface area contributed by atoms with Crippen LogP contribution in [-0.2, 0) is 11.2 Å². The van der Waals surface area contributed by atoms with Gasteiger partial charge in [-0.2, -0.15) is 5.10 Å². The van der Waals surface area contributed by atoms with Crippen LogP contribution in [0.15, 0.2) is 0 Å². The lowest BCUT2D eigenvalue weighted by Crippen LogP contribution is -2.45. The molecule has 19 heavy (non-hydrogen) atoms. The van der Waals surface area contributed by atoms with Gasteiger partial charge < -0.3 is 10.4 Å². The average molecular weight is 267 g/mol. The van der Waals surface area contributed by atoms with Crippen LogP contribution in [0.25, 0.3) is 0 Å². The first-order valence-electron chi connectivity index (χ1n) is 6.77. The highest BCUT2D eigenvalue weighted by Gasteiger charge is 2.27. The van der Waals surface area contributed by atoms with Crippen LogP contribution in [0.1, 0.15) is 44.1 Å². The molecule has 108 valence electrons. The Morgan fingerprint density at radius 3 is 2.63 bits per heavy atom. The van der Waals surface area contributed by atoms with E-state index in [0.29, 0.717) is 6.42 Å². The number of hydrogen-bond acceptors (Lipinski definition) is 3. The number of aryl methyl sites for hydroxylation is 2. The minimum Gasteiger partial charge on any atom is -0.388 e. The minimum absolute atomic E-state index is 0.0869. The van der Waals surface area contributed by atoms with Crippen molar-refractivity contribution in [2.75, 3.05) is 6.54 Å². The Bertz CT molecular complexity index is 418. The fraction of sp³-hybridized carbons (Fsp3) is 0.714. The van der Waals surface area contributed by atoms with Crippen LogP contribution in [-0.4, -0.2) is 33.4 Å². The monoisotopic (exact) mass is 267 g/mol. The van der Waals surface area contributed by atoms with Crippen molar-refractivity contribution in [1.82, 2.24) is 15.5 Å². The van der Waals surface area contributed by atoms with Crippen molar-refractivity contribution >= 4 is 5.91 Å². The van der Waals surface area contributed by atoms with E-state index in [2.05, 4.69) is 15.5 Å². The summed E-state index contributed by atoms with van der Waals surface area (Å²) in [5.41, 5.74) is 1.83. The molecule has 0 radical (unpaired) electrons. The second-order valence-corrected chi connectivity index (χ2v) is 5.53. The van der Waals surface area contributed by atoms with Gasteiger partial charge in [0.15, 0.2) is 0 Å². The van der Waals surface area contributed by atoms with Gasteiger partial charge in [-0.15, -0.1) is 0 Å². The van der Waals surface area contributed by atoms with E-state index in [9.17, 15) is 9.90 Å². The summed E-state index contributed by atoms with van der Waals surface area (Å²) in [6.07, 6.45) is 1.17. The number of nitrogens with one attached hydrogen (secondary N) is 2. The third-order valence-electron chi connectivity index (χ3n) is 3.94. The lowest BCUT2D eigenvalue weighted by molar-refractivity contribution is -0.122. The Labute approximate surface area is 114 Å². The minimum atomic E-state index is -0.870. The van der Waals surface area contributed by atoms with Crippen molar-refractivity contribution in [3.63, 3.8) is 0 Å². The smallest absolute Gasteiger partial charge is 0.224 e. The molecule has 5 nitrogen and oxygen atoms in total. The van der Waals surface area contributed by atoms with Gasteiger partial charge in [-0.05, 0) is 26.7 Å². The molecule has 0 aromatic carbocycles. The van der Waals surface area contributed by atoms with Crippen molar-refractivity contribution < 1.29 is 9.90 Å². The number of rotatable bonds is 6. The molecule has 2 atom stereocenters. The van der Waals surface area contributed by atoms with Crippen LogP contribution in [0.4, 0.5) is 0 Å². The van der Waals surface area contributed by atoms with Crippen molar-refractivity contribution in [3.8, 4) is 0 Å². The highest BCUT2D eigenvalue weighted by atomic mass is 16.3. The number of aliphatic hydroxyl groups is 1. The lowest BCUT2D eigenvalue weighted by atomic mass is 9.88. The molecule has 5 heteroatoms. The van der Waals surface area contributed by atoms with E-state index in [-0.39, 0.29) is 18.4 Å². The molecular formula is C14H25N3O2. The summed E-state index contributed by atoms with van der Waals surface area (Å²) < 4.78 is 0. The largest absolute Gasteiger partial charge is 0.388 e. The number of H-pyrrole nitrogens is 1. The highest BCUT2D eigenvalue weighted by molar-refractivity contribution is 5.79. The first-order valence-corrected chi connectivity index (χ1v) is 6.77. The van der Waals surface area contributed by atoms with Gasteiger partial charge >= 0.3 is 0 Å². The molecular weight excluding hydrogens is 242 g/mol. The van der Waals surface area contributed by atoms with Crippen LogP contribution in [0.2, 0.25) is 0 Å². The van der Waals surface area contributed by atoms with Crippen LogP contribution >= 0.6 is 0 Å². The van der Waals surface area contributed by atoms with Crippen LogP contribution in [0.3, 0.4) is 0 Å². The Hall–Kier alpha value is -1.36. The number of aromatic nitrogens is 2. The molecule has 3 N–H and O–H groups in total. The number of amides is 1. The highest BCUT2D eigenvalue weighted by Crippen LogP contribution is 2.19. The van der Waals surface area contributed by atoms with Gasteiger partial charge in [-0.1, -0.05) is 20.3 Å². The predicted molar refractivity (Wildman–Crippen MR) is 74.9 cm³/mol. The Balaban J connectivity index is 2.53. The Kier molecular flexibility index (Phi) is 5.11. The SMILES string of the molecule is CC[C@H](C)[C@](C)(O)CNC(=O)Cc1c(C)n[nH]c1C. The fourth-order valence-electron chi connectivity index (χ4n) is 1.95. The Morgan fingerprint density at radius 2 is 2.16 bits per heavy atom. The van der Waals surface area contributed by atoms with E-state index in [1.807, 2.05) is 27.7 Å². The zero-order valence-corrected chi connectivity index (χ0v) is 12.5. The van der Waals surface area contributed by atoms with Crippen molar-refractivity contribution in [3.05, 3.63) is 17.0 Å². The molecule has 0 fully saturated rings. The summed E-state index contributed by atoms with van der Waals surface area (Å²) in [6, 6.07) is 0. The third kappa shape index (κ3) is 4.06. The summed E-state index contributed by atoms with van der Waals surface area (Å²) in [7, 11) is 0. The molecule has 1 amide bonds. The van der Waals surface area contributed by atoms with E-state index >= 15 is 0 Å². The Morgan fingerprint density at radius 1 is 1.53 bits per heavy atom.